The van der Waals surface area contributed by atoms with Crippen LogP contribution in [0.5, 0.6) is 11.5 Å². The molecule has 150 valence electrons. The van der Waals surface area contributed by atoms with Gasteiger partial charge in [-0.2, -0.15) is 0 Å². The zero-order valence-electron chi connectivity index (χ0n) is 16.9. The third-order valence-electron chi connectivity index (χ3n) is 4.33. The Morgan fingerprint density at radius 3 is 1.69 bits per heavy atom. The molecule has 3 rings (SSSR count). The second-order valence-electron chi connectivity index (χ2n) is 7.19. The van der Waals surface area contributed by atoms with Crippen molar-refractivity contribution < 1.29 is 14.6 Å². The molecule has 0 aliphatic rings. The highest BCUT2D eigenvalue weighted by Gasteiger charge is 2.10. The number of ether oxygens (including phenoxy) is 2. The van der Waals surface area contributed by atoms with Crippen LogP contribution in [-0.2, 0) is 13.2 Å². The van der Waals surface area contributed by atoms with Crippen molar-refractivity contribution in [1.29, 1.82) is 0 Å². The minimum atomic E-state index is 0.123. The molecule has 0 fully saturated rings. The molecule has 0 atom stereocenters. The molecule has 0 saturated carbocycles. The van der Waals surface area contributed by atoms with Crippen LogP contribution in [0.3, 0.4) is 0 Å². The van der Waals surface area contributed by atoms with Gasteiger partial charge in [-0.1, -0.05) is 68.4 Å². The fourth-order valence-electron chi connectivity index (χ4n) is 2.87. The predicted molar refractivity (Wildman–Crippen MR) is 119 cm³/mol. The summed E-state index contributed by atoms with van der Waals surface area (Å²) in [6, 6.07) is 25.2. The van der Waals surface area contributed by atoms with Gasteiger partial charge in [-0.3, -0.25) is 0 Å². The molecule has 0 unspecified atom stereocenters. The third kappa shape index (κ3) is 6.45. The number of rotatable bonds is 9. The topological polar surface area (TPSA) is 41.5 Å². The Morgan fingerprint density at radius 2 is 1.24 bits per heavy atom. The van der Waals surface area contributed by atoms with Crippen molar-refractivity contribution in [2.75, 3.05) is 6.16 Å². The number of para-hydroxylation sites is 2. The van der Waals surface area contributed by atoms with Crippen LogP contribution in [0, 0.1) is 5.92 Å². The van der Waals surface area contributed by atoms with Crippen LogP contribution in [-0.4, -0.2) is 11.6 Å². The second kappa shape index (κ2) is 10.8. The van der Waals surface area contributed by atoms with Gasteiger partial charge >= 0.3 is 0 Å². The maximum absolute atomic E-state index is 13.1. The number of hydrogen-bond donors (Lipinski definition) is 0. The summed E-state index contributed by atoms with van der Waals surface area (Å²) in [5.41, 5.74) is 2.63. The lowest BCUT2D eigenvalue weighted by atomic mass is 10.0. The van der Waals surface area contributed by atoms with E-state index in [-0.39, 0.29) is 5.48 Å². The Hall–Kier alpha value is -2.61. The van der Waals surface area contributed by atoms with Gasteiger partial charge in [0.2, 0.25) is 0 Å². The van der Waals surface area contributed by atoms with Crippen LogP contribution in [0.15, 0.2) is 78.9 Å². The van der Waals surface area contributed by atoms with Gasteiger partial charge in [-0.25, -0.2) is 0 Å². The summed E-state index contributed by atoms with van der Waals surface area (Å²) in [7, 11) is 0.804. The highest BCUT2D eigenvalue weighted by atomic mass is 31.1. The summed E-state index contributed by atoms with van der Waals surface area (Å²) in [5, 5.41) is 13.1. The lowest BCUT2D eigenvalue weighted by Gasteiger charge is -2.22. The highest BCUT2D eigenvalue weighted by Crippen LogP contribution is 2.23. The van der Waals surface area contributed by atoms with Crippen molar-refractivity contribution in [3.63, 3.8) is 0 Å². The van der Waals surface area contributed by atoms with E-state index in [1.807, 2.05) is 78.9 Å². The van der Waals surface area contributed by atoms with E-state index < -0.39 is 0 Å². The molecule has 0 saturated heterocycles. The average Bonchev–Trinajstić information content (AvgIpc) is 2.76. The predicted octanol–water partition coefficient (Wildman–Crippen LogP) is 5.29. The maximum Gasteiger partial charge on any atom is 0.119 e. The van der Waals surface area contributed by atoms with Crippen molar-refractivity contribution in [3.8, 4) is 11.5 Å². The highest BCUT2D eigenvalue weighted by molar-refractivity contribution is 7.40. The van der Waals surface area contributed by atoms with Crippen LogP contribution in [0.25, 0.3) is 0 Å². The summed E-state index contributed by atoms with van der Waals surface area (Å²) in [4.78, 5) is 0. The Balaban J connectivity index is 1.86. The fourth-order valence-corrected chi connectivity index (χ4v) is 3.85. The first kappa shape index (κ1) is 21.1. The average molecular weight is 405 g/mol. The summed E-state index contributed by atoms with van der Waals surface area (Å²) in [5.74, 6) is 2.05. The summed E-state index contributed by atoms with van der Waals surface area (Å²) >= 11 is 0. The Labute approximate surface area is 174 Å². The van der Waals surface area contributed by atoms with Crippen molar-refractivity contribution in [2.24, 2.45) is 5.92 Å². The van der Waals surface area contributed by atoms with Gasteiger partial charge in [0.05, 0.1) is 0 Å². The van der Waals surface area contributed by atoms with E-state index in [2.05, 4.69) is 13.8 Å². The molecule has 0 aliphatic carbocycles. The zero-order chi connectivity index (χ0) is 20.5. The largest absolute Gasteiger partial charge is 0.824 e. The van der Waals surface area contributed by atoms with Gasteiger partial charge in [-0.15, -0.1) is 13.7 Å². The molecule has 0 bridgehead atoms. The van der Waals surface area contributed by atoms with Gasteiger partial charge in [-0.05, 0) is 53.0 Å². The quantitative estimate of drug-likeness (QED) is 0.455. The molecule has 0 radical (unpaired) electrons. The molecule has 0 aromatic heterocycles. The standard InChI is InChI=1S/C25H27O3P/c1-19(2)18-29-25(26)24-20(16-27-22-12-5-3-6-13-22)10-9-11-21(24)17-28-23-14-7-4-8-15-23/h3-15,19,26H,16-18H2,1-2H3/p-1. The van der Waals surface area contributed by atoms with Crippen molar-refractivity contribution in [1.82, 2.24) is 0 Å². The SMILES string of the molecule is CC(C)CP=C([O-])c1c(COc2ccccc2)cccc1COc1ccccc1. The second-order valence-corrected chi connectivity index (χ2v) is 8.28. The van der Waals surface area contributed by atoms with E-state index in [0.29, 0.717) is 19.1 Å². The monoisotopic (exact) mass is 405 g/mol. The smallest absolute Gasteiger partial charge is 0.119 e. The Morgan fingerprint density at radius 1 is 0.759 bits per heavy atom. The van der Waals surface area contributed by atoms with E-state index in [0.717, 1.165) is 42.6 Å². The molecule has 0 aliphatic heterocycles. The lowest BCUT2D eigenvalue weighted by Crippen LogP contribution is -2.22. The van der Waals surface area contributed by atoms with Gasteiger partial charge in [0.1, 0.15) is 24.7 Å². The van der Waals surface area contributed by atoms with Crippen molar-refractivity contribution >= 4 is 13.7 Å². The molecule has 29 heavy (non-hydrogen) atoms. The van der Waals surface area contributed by atoms with Crippen molar-refractivity contribution in [2.45, 2.75) is 27.1 Å². The van der Waals surface area contributed by atoms with E-state index in [9.17, 15) is 5.11 Å². The molecular formula is C25H26O3P-. The zero-order valence-corrected chi connectivity index (χ0v) is 17.8. The number of benzene rings is 3. The van der Waals surface area contributed by atoms with Gasteiger partial charge in [0.25, 0.3) is 0 Å². The van der Waals surface area contributed by atoms with Crippen LogP contribution in [0.2, 0.25) is 0 Å². The minimum absolute atomic E-state index is 0.123. The lowest BCUT2D eigenvalue weighted by molar-refractivity contribution is -0.207. The van der Waals surface area contributed by atoms with Crippen LogP contribution in [0.4, 0.5) is 0 Å². The first-order chi connectivity index (χ1) is 14.1. The van der Waals surface area contributed by atoms with Crippen LogP contribution < -0.4 is 14.6 Å². The molecular weight excluding hydrogens is 379 g/mol. The van der Waals surface area contributed by atoms with Crippen molar-refractivity contribution in [3.05, 3.63) is 95.6 Å². The van der Waals surface area contributed by atoms with Crippen LogP contribution >= 0.6 is 8.20 Å². The fraction of sp³-hybridized carbons (Fsp3) is 0.240. The minimum Gasteiger partial charge on any atom is -0.824 e. The molecule has 0 heterocycles. The first-order valence-corrected chi connectivity index (χ1v) is 10.9. The van der Waals surface area contributed by atoms with E-state index in [4.69, 9.17) is 9.47 Å². The molecule has 0 amide bonds. The molecule has 3 aromatic rings. The molecule has 4 heteroatoms. The van der Waals surface area contributed by atoms with E-state index in [1.165, 1.54) is 0 Å². The maximum atomic E-state index is 13.1. The van der Waals surface area contributed by atoms with Gasteiger partial charge < -0.3 is 14.6 Å². The Kier molecular flexibility index (Phi) is 7.86. The summed E-state index contributed by atoms with van der Waals surface area (Å²) < 4.78 is 11.9. The molecule has 0 spiro atoms. The number of hydrogen-bond acceptors (Lipinski definition) is 3. The Bertz CT molecular complexity index is 860. The first-order valence-electron chi connectivity index (χ1n) is 9.81. The van der Waals surface area contributed by atoms with E-state index >= 15 is 0 Å². The van der Waals surface area contributed by atoms with Gasteiger partial charge in [0.15, 0.2) is 0 Å². The molecule has 3 nitrogen and oxygen atoms in total. The molecule has 0 N–H and O–H groups in total. The van der Waals surface area contributed by atoms with Crippen LogP contribution in [0.1, 0.15) is 30.5 Å². The van der Waals surface area contributed by atoms with E-state index in [1.54, 1.807) is 0 Å². The third-order valence-corrected chi connectivity index (χ3v) is 5.75. The summed E-state index contributed by atoms with van der Waals surface area (Å²) in [6.45, 7) is 4.96. The normalized spacial score (nSPS) is 11.5. The summed E-state index contributed by atoms with van der Waals surface area (Å²) in [6.07, 6.45) is 0.839. The molecule has 3 aromatic carbocycles. The van der Waals surface area contributed by atoms with Gasteiger partial charge in [0, 0.05) is 0 Å².